The maximum atomic E-state index is 11.2. The predicted octanol–water partition coefficient (Wildman–Crippen LogP) is 4.97. The number of aliphatic hydroxyl groups is 2. The molecule has 18 nitrogen and oxygen atoms in total. The zero-order chi connectivity index (χ0) is 53.6. The average molecular weight is 1030 g/mol. The fraction of sp³-hybridized carbons (Fsp3) is 0.895. The van der Waals surface area contributed by atoms with Crippen LogP contribution in [0.3, 0.4) is 0 Å². The summed E-state index contributed by atoms with van der Waals surface area (Å²) in [5.74, 6) is -11.0. The highest BCUT2D eigenvalue weighted by Gasteiger charge is 2.49. The van der Waals surface area contributed by atoms with Crippen molar-refractivity contribution in [2.45, 2.75) is 196 Å². The summed E-state index contributed by atoms with van der Waals surface area (Å²) in [6.45, 7) is 5.53. The highest BCUT2D eigenvalue weighted by Crippen LogP contribution is 2.30. The summed E-state index contributed by atoms with van der Waals surface area (Å²) >= 11 is 0. The number of halogens is 12. The van der Waals surface area contributed by atoms with E-state index in [0.29, 0.717) is 19.6 Å². The fourth-order valence-electron chi connectivity index (χ4n) is 5.86. The number of carboxylic acid groups (broad SMARTS) is 4. The van der Waals surface area contributed by atoms with Crippen LogP contribution in [-0.2, 0) is 38.1 Å². The lowest BCUT2D eigenvalue weighted by Gasteiger charge is -2.47. The van der Waals surface area contributed by atoms with Crippen molar-refractivity contribution in [3.8, 4) is 0 Å². The van der Waals surface area contributed by atoms with Crippen molar-refractivity contribution in [2.24, 2.45) is 22.9 Å². The van der Waals surface area contributed by atoms with Gasteiger partial charge in [-0.3, -0.25) is 0 Å². The monoisotopic (exact) mass is 1030 g/mol. The largest absolute Gasteiger partial charge is 0.490 e. The molecule has 2 aliphatic rings. The molecule has 2 fully saturated rings. The third-order valence-electron chi connectivity index (χ3n) is 9.39. The van der Waals surface area contributed by atoms with Gasteiger partial charge in [0, 0.05) is 31.8 Å². The van der Waals surface area contributed by atoms with Gasteiger partial charge < -0.3 is 72.5 Å². The van der Waals surface area contributed by atoms with Crippen molar-refractivity contribution in [1.82, 2.24) is 0 Å². The van der Waals surface area contributed by atoms with Gasteiger partial charge in [-0.25, -0.2) is 19.2 Å². The van der Waals surface area contributed by atoms with Crippen LogP contribution >= 0.6 is 0 Å². The van der Waals surface area contributed by atoms with E-state index < -0.39 is 110 Å². The molecule has 10 atom stereocenters. The molecular weight excluding hydrogens is 964 g/mol. The van der Waals surface area contributed by atoms with Crippen LogP contribution in [-0.4, -0.2) is 160 Å². The molecule has 0 aromatic rings. The van der Waals surface area contributed by atoms with Crippen molar-refractivity contribution >= 4 is 23.9 Å². The molecule has 1 heterocycles. The van der Waals surface area contributed by atoms with Crippen molar-refractivity contribution in [3.63, 3.8) is 0 Å². The molecule has 68 heavy (non-hydrogen) atoms. The number of alkyl halides is 12. The molecule has 2 rings (SSSR count). The van der Waals surface area contributed by atoms with Crippen LogP contribution < -0.4 is 22.9 Å². The number of aliphatic carboxylic acids is 4. The number of hydrogen-bond acceptors (Lipinski definition) is 14. The Hall–Kier alpha value is -3.36. The van der Waals surface area contributed by atoms with Crippen LogP contribution in [0.5, 0.6) is 0 Å². The number of unbranched alkanes of at least 4 members (excludes halogenated alkanes) is 12. The summed E-state index contributed by atoms with van der Waals surface area (Å²) in [7, 11) is 0. The van der Waals surface area contributed by atoms with Crippen LogP contribution in [0, 0.1) is 0 Å². The first-order valence-corrected chi connectivity index (χ1v) is 21.2. The summed E-state index contributed by atoms with van der Waals surface area (Å²) in [6.07, 6.45) is -9.23. The molecular formula is C38H66F12N4O14. The van der Waals surface area contributed by atoms with Gasteiger partial charge in [-0.15, -0.1) is 0 Å². The first-order chi connectivity index (χ1) is 31.1. The quantitative estimate of drug-likeness (QED) is 0.0536. The number of nitrogens with two attached hydrogens (primary N) is 4. The van der Waals surface area contributed by atoms with E-state index in [1.807, 2.05) is 0 Å². The Morgan fingerprint density at radius 2 is 0.809 bits per heavy atom. The van der Waals surface area contributed by atoms with Gasteiger partial charge in [0.15, 0.2) is 6.29 Å². The zero-order valence-corrected chi connectivity index (χ0v) is 37.3. The van der Waals surface area contributed by atoms with Gasteiger partial charge in [0.05, 0.1) is 6.04 Å². The third-order valence-corrected chi connectivity index (χ3v) is 9.39. The molecule has 1 aliphatic carbocycles. The van der Waals surface area contributed by atoms with E-state index in [-0.39, 0.29) is 6.54 Å². The Kier molecular flexibility index (Phi) is 35.3. The number of hydrogen-bond donors (Lipinski definition) is 10. The van der Waals surface area contributed by atoms with Crippen molar-refractivity contribution in [3.05, 3.63) is 0 Å². The Bertz CT molecular complexity index is 1290. The lowest BCUT2D eigenvalue weighted by Crippen LogP contribution is -2.68. The molecule has 1 aliphatic heterocycles. The first kappa shape index (κ1) is 68.9. The number of carboxylic acids is 4. The summed E-state index contributed by atoms with van der Waals surface area (Å²) in [4.78, 5) is 35.6. The van der Waals surface area contributed by atoms with E-state index in [1.165, 1.54) is 64.2 Å². The second-order valence-electron chi connectivity index (χ2n) is 15.1. The van der Waals surface area contributed by atoms with Crippen LogP contribution in [0.4, 0.5) is 52.7 Å². The van der Waals surface area contributed by atoms with Crippen molar-refractivity contribution in [2.75, 3.05) is 19.8 Å². The molecule has 1 saturated carbocycles. The van der Waals surface area contributed by atoms with E-state index in [2.05, 4.69) is 13.8 Å². The second kappa shape index (κ2) is 34.9. The normalized spacial score (nSPS) is 25.1. The zero-order valence-electron chi connectivity index (χ0n) is 37.3. The smallest absolute Gasteiger partial charge is 0.475 e. The van der Waals surface area contributed by atoms with E-state index in [0.717, 1.165) is 25.7 Å². The predicted molar refractivity (Wildman–Crippen MR) is 213 cm³/mol. The summed E-state index contributed by atoms with van der Waals surface area (Å²) in [6, 6.07) is -1.69. The minimum atomic E-state index is -5.08. The first-order valence-electron chi connectivity index (χ1n) is 21.2. The molecule has 0 aromatic carbocycles. The van der Waals surface area contributed by atoms with Crippen molar-refractivity contribution in [1.29, 1.82) is 0 Å². The van der Waals surface area contributed by atoms with E-state index in [4.69, 9.17) is 81.5 Å². The lowest BCUT2D eigenvalue weighted by atomic mass is 9.84. The van der Waals surface area contributed by atoms with Gasteiger partial charge in [0.1, 0.15) is 36.6 Å². The molecule has 0 amide bonds. The molecule has 406 valence electrons. The highest BCUT2D eigenvalue weighted by atomic mass is 19.4. The second-order valence-corrected chi connectivity index (χ2v) is 15.1. The minimum Gasteiger partial charge on any atom is -0.475 e. The molecule has 14 N–H and O–H groups in total. The fourth-order valence-corrected chi connectivity index (χ4v) is 5.86. The van der Waals surface area contributed by atoms with E-state index in [1.54, 1.807) is 0 Å². The molecule has 0 bridgehead atoms. The van der Waals surface area contributed by atoms with E-state index >= 15 is 0 Å². The van der Waals surface area contributed by atoms with Gasteiger partial charge in [0.25, 0.3) is 0 Å². The summed E-state index contributed by atoms with van der Waals surface area (Å²) < 4.78 is 151. The van der Waals surface area contributed by atoms with Gasteiger partial charge in [-0.2, -0.15) is 52.7 Å². The molecule has 1 saturated heterocycles. The Morgan fingerprint density at radius 3 is 1.12 bits per heavy atom. The van der Waals surface area contributed by atoms with Crippen LogP contribution in [0.25, 0.3) is 0 Å². The number of rotatable bonds is 21. The Balaban J connectivity index is -0.00000121. The van der Waals surface area contributed by atoms with Gasteiger partial charge in [-0.1, -0.05) is 90.9 Å². The maximum Gasteiger partial charge on any atom is 0.490 e. The molecule has 0 aromatic heterocycles. The highest BCUT2D eigenvalue weighted by molar-refractivity contribution is 5.74. The van der Waals surface area contributed by atoms with Crippen molar-refractivity contribution < 1.29 is 121 Å². The van der Waals surface area contributed by atoms with Crippen LogP contribution in [0.15, 0.2) is 0 Å². The molecule has 0 unspecified atom stereocenters. The summed E-state index contributed by atoms with van der Waals surface area (Å²) in [5, 5.41) is 50.5. The number of ether oxygens (including phenoxy) is 4. The molecule has 0 spiro atoms. The third kappa shape index (κ3) is 31.7. The van der Waals surface area contributed by atoms with Gasteiger partial charge in [0.2, 0.25) is 0 Å². The topological polar surface area (TPSA) is 331 Å². The van der Waals surface area contributed by atoms with Gasteiger partial charge >= 0.3 is 48.6 Å². The average Bonchev–Trinajstić information content (AvgIpc) is 3.20. The Morgan fingerprint density at radius 1 is 0.515 bits per heavy atom. The SMILES string of the molecule is CCCCCCCCCO[C@@H]1[C@@H](N)[C@@H](O[C@H]2[C@H](O)[C@@H](OCCCCCCCCC)[C@H](N)C[C@@H]2N)O[C@H](CN)[C@H]1O.O=C(O)C(F)(F)F.O=C(O)C(F)(F)F.O=C(O)C(F)(F)F.O=C(O)C(F)(F)F. The summed E-state index contributed by atoms with van der Waals surface area (Å²) in [5.41, 5.74) is 25.1. The standard InChI is InChI=1S/C30H62N4O6.4C2HF3O2/c1-3-5-7-9-11-13-15-17-37-27-21(32)19-22(33)28(26(27)36)40-30-24(34)29(25(35)23(20-31)39-30)38-18-16-14-12-10-8-6-4-2;4*3-2(4,5)1(6)7/h21-30,35-36H,3-20,31-34H2,1-2H3;4*(H,6,7)/t21-,22+,23-,24-,25-,26-,27+,28-,29-,30-;;;;/m1..../s1. The minimum absolute atomic E-state index is 0.0827. The van der Waals surface area contributed by atoms with E-state index in [9.17, 15) is 62.9 Å². The van der Waals surface area contributed by atoms with Gasteiger partial charge in [-0.05, 0) is 19.3 Å². The number of carbonyl (C=O) groups is 4. The van der Waals surface area contributed by atoms with Crippen LogP contribution in [0.1, 0.15) is 110 Å². The lowest BCUT2D eigenvalue weighted by molar-refractivity contribution is -0.294. The molecule has 30 heteroatoms. The number of aliphatic hydroxyl groups excluding tert-OH is 2. The van der Waals surface area contributed by atoms with Crippen LogP contribution in [0.2, 0.25) is 0 Å². The maximum absolute atomic E-state index is 11.2. The molecule has 0 radical (unpaired) electrons. The Labute approximate surface area is 383 Å².